The second kappa shape index (κ2) is 5.56. The topological polar surface area (TPSA) is 66.6 Å². The van der Waals surface area contributed by atoms with Gasteiger partial charge in [-0.25, -0.2) is 4.39 Å². The number of benzene rings is 1. The molecule has 0 spiro atoms. The maximum Gasteiger partial charge on any atom is 0.250 e. The molecule has 1 aromatic rings. The summed E-state index contributed by atoms with van der Waals surface area (Å²) in [6.07, 6.45) is 1.02. The number of carbonyl (C=O) groups is 1. The quantitative estimate of drug-likeness (QED) is 0.880. The maximum atomic E-state index is 13.7. The van der Waals surface area contributed by atoms with Crippen LogP contribution < -0.4 is 5.73 Å². The minimum atomic E-state index is -1.50. The molecule has 104 valence electrons. The van der Waals surface area contributed by atoms with Gasteiger partial charge in [-0.05, 0) is 37.6 Å². The zero-order valence-corrected chi connectivity index (χ0v) is 12.0. The van der Waals surface area contributed by atoms with Crippen molar-refractivity contribution in [3.05, 3.63) is 34.1 Å². The van der Waals surface area contributed by atoms with Crippen LogP contribution in [0.4, 0.5) is 4.39 Å². The molecule has 1 atom stereocenters. The lowest BCUT2D eigenvalue weighted by atomic mass is 9.92. The average Bonchev–Trinajstić information content (AvgIpc) is 2.34. The Bertz CT molecular complexity index is 498. The van der Waals surface area contributed by atoms with Crippen LogP contribution in [0.1, 0.15) is 18.4 Å². The molecule has 6 heteroatoms. The minimum Gasteiger partial charge on any atom is -0.379 e. The van der Waals surface area contributed by atoms with E-state index in [4.69, 9.17) is 5.73 Å². The van der Waals surface area contributed by atoms with Crippen LogP contribution in [0.25, 0.3) is 0 Å². The third-order valence-electron chi connectivity index (χ3n) is 3.41. The van der Waals surface area contributed by atoms with Gasteiger partial charge in [-0.3, -0.25) is 9.69 Å². The Morgan fingerprint density at radius 3 is 3.00 bits per heavy atom. The van der Waals surface area contributed by atoms with Gasteiger partial charge in [-0.2, -0.15) is 0 Å². The molecular weight excluding hydrogens is 315 g/mol. The fourth-order valence-corrected chi connectivity index (χ4v) is 2.77. The fourth-order valence-electron chi connectivity index (χ4n) is 2.36. The van der Waals surface area contributed by atoms with Gasteiger partial charge in [0.1, 0.15) is 5.82 Å². The van der Waals surface area contributed by atoms with Crippen molar-refractivity contribution >= 4 is 21.8 Å². The summed E-state index contributed by atoms with van der Waals surface area (Å²) in [6.45, 7) is 1.21. The molecule has 1 aromatic carbocycles. The van der Waals surface area contributed by atoms with Crippen LogP contribution in [0.5, 0.6) is 0 Å². The lowest BCUT2D eigenvalue weighted by Gasteiger charge is -2.37. The van der Waals surface area contributed by atoms with E-state index in [2.05, 4.69) is 15.9 Å². The summed E-state index contributed by atoms with van der Waals surface area (Å²) in [6, 6.07) is 4.73. The Morgan fingerprint density at radius 2 is 2.32 bits per heavy atom. The lowest BCUT2D eigenvalue weighted by Crippen LogP contribution is -2.55. The molecular formula is C13H16BrFN2O2. The summed E-state index contributed by atoms with van der Waals surface area (Å²) < 4.78 is 14.5. The van der Waals surface area contributed by atoms with Crippen LogP contribution in [-0.2, 0) is 11.3 Å². The third-order valence-corrected chi connectivity index (χ3v) is 3.90. The van der Waals surface area contributed by atoms with E-state index in [9.17, 15) is 14.3 Å². The van der Waals surface area contributed by atoms with Crippen molar-refractivity contribution in [1.29, 1.82) is 0 Å². The predicted octanol–water partition coefficient (Wildman–Crippen LogP) is 1.40. The molecule has 1 fully saturated rings. The highest BCUT2D eigenvalue weighted by molar-refractivity contribution is 9.10. The first-order valence-corrected chi connectivity index (χ1v) is 6.88. The zero-order chi connectivity index (χ0) is 14.0. The maximum absolute atomic E-state index is 13.7. The Balaban J connectivity index is 2.11. The smallest absolute Gasteiger partial charge is 0.250 e. The van der Waals surface area contributed by atoms with Crippen LogP contribution in [-0.4, -0.2) is 34.6 Å². The van der Waals surface area contributed by atoms with Crippen molar-refractivity contribution in [3.63, 3.8) is 0 Å². The van der Waals surface area contributed by atoms with Crippen molar-refractivity contribution < 1.29 is 14.3 Å². The van der Waals surface area contributed by atoms with Crippen molar-refractivity contribution in [2.45, 2.75) is 25.0 Å². The van der Waals surface area contributed by atoms with E-state index in [1.165, 1.54) is 6.07 Å². The van der Waals surface area contributed by atoms with Gasteiger partial charge in [0.15, 0.2) is 5.60 Å². The van der Waals surface area contributed by atoms with Gasteiger partial charge in [0.25, 0.3) is 5.91 Å². The Morgan fingerprint density at radius 1 is 1.58 bits per heavy atom. The number of likely N-dealkylation sites (tertiary alicyclic amines) is 1. The average molecular weight is 331 g/mol. The molecule has 1 heterocycles. The summed E-state index contributed by atoms with van der Waals surface area (Å²) in [5, 5.41) is 10.1. The number of aliphatic hydroxyl groups is 1. The van der Waals surface area contributed by atoms with E-state index in [0.717, 1.165) is 4.47 Å². The monoisotopic (exact) mass is 330 g/mol. The van der Waals surface area contributed by atoms with Gasteiger partial charge in [-0.15, -0.1) is 0 Å². The predicted molar refractivity (Wildman–Crippen MR) is 72.8 cm³/mol. The Labute approximate surface area is 119 Å². The number of β-amino-alcohol motifs (C(OH)–C–C–N with tert-alkyl or cyclic N) is 1. The van der Waals surface area contributed by atoms with E-state index in [1.807, 2.05) is 4.90 Å². The minimum absolute atomic E-state index is 0.147. The number of hydrogen-bond acceptors (Lipinski definition) is 3. The molecule has 2 rings (SSSR count). The van der Waals surface area contributed by atoms with Crippen LogP contribution in [0.15, 0.2) is 22.7 Å². The summed E-state index contributed by atoms with van der Waals surface area (Å²) in [4.78, 5) is 13.1. The number of nitrogens with zero attached hydrogens (tertiary/aromatic N) is 1. The molecule has 1 amide bonds. The largest absolute Gasteiger partial charge is 0.379 e. The SMILES string of the molecule is NC(=O)[C@@]1(O)CCCN(Cc2cc(Br)ccc2F)C1. The molecule has 3 N–H and O–H groups in total. The van der Waals surface area contributed by atoms with Gasteiger partial charge in [0, 0.05) is 23.1 Å². The number of amides is 1. The number of piperidine rings is 1. The highest BCUT2D eigenvalue weighted by atomic mass is 79.9. The normalized spacial score (nSPS) is 24.4. The Kier molecular flexibility index (Phi) is 4.23. The highest BCUT2D eigenvalue weighted by Crippen LogP contribution is 2.24. The molecule has 0 radical (unpaired) electrons. The first-order valence-electron chi connectivity index (χ1n) is 6.09. The van der Waals surface area contributed by atoms with E-state index in [-0.39, 0.29) is 12.4 Å². The van der Waals surface area contributed by atoms with Crippen LogP contribution in [0.2, 0.25) is 0 Å². The van der Waals surface area contributed by atoms with E-state index in [0.29, 0.717) is 31.5 Å². The first-order chi connectivity index (χ1) is 8.90. The van der Waals surface area contributed by atoms with E-state index >= 15 is 0 Å². The summed E-state index contributed by atoms with van der Waals surface area (Å²) in [7, 11) is 0. The summed E-state index contributed by atoms with van der Waals surface area (Å²) in [5.41, 5.74) is 4.25. The molecule has 0 saturated carbocycles. The Hall–Kier alpha value is -0.980. The van der Waals surface area contributed by atoms with Crippen LogP contribution >= 0.6 is 15.9 Å². The van der Waals surface area contributed by atoms with Gasteiger partial charge in [0.2, 0.25) is 0 Å². The van der Waals surface area contributed by atoms with Gasteiger partial charge in [0.05, 0.1) is 0 Å². The van der Waals surface area contributed by atoms with Crippen molar-refractivity contribution in [3.8, 4) is 0 Å². The van der Waals surface area contributed by atoms with Crippen molar-refractivity contribution in [2.75, 3.05) is 13.1 Å². The molecule has 4 nitrogen and oxygen atoms in total. The molecule has 1 saturated heterocycles. The molecule has 1 aliphatic rings. The number of halogens is 2. The van der Waals surface area contributed by atoms with Crippen molar-refractivity contribution in [2.24, 2.45) is 5.73 Å². The molecule has 0 bridgehead atoms. The second-order valence-electron chi connectivity index (χ2n) is 4.95. The van der Waals surface area contributed by atoms with E-state index in [1.54, 1.807) is 12.1 Å². The van der Waals surface area contributed by atoms with Gasteiger partial charge in [-0.1, -0.05) is 15.9 Å². The van der Waals surface area contributed by atoms with Gasteiger partial charge >= 0.3 is 0 Å². The van der Waals surface area contributed by atoms with Crippen LogP contribution in [0.3, 0.4) is 0 Å². The molecule has 0 aromatic heterocycles. The van der Waals surface area contributed by atoms with Crippen molar-refractivity contribution in [1.82, 2.24) is 4.90 Å². The lowest BCUT2D eigenvalue weighted by molar-refractivity contribution is -0.142. The highest BCUT2D eigenvalue weighted by Gasteiger charge is 2.38. The third kappa shape index (κ3) is 3.32. The fraction of sp³-hybridized carbons (Fsp3) is 0.462. The van der Waals surface area contributed by atoms with Gasteiger partial charge < -0.3 is 10.8 Å². The standard InChI is InChI=1S/C13H16BrFN2O2/c14-10-2-3-11(15)9(6-10)7-17-5-1-4-13(19,8-17)12(16)18/h2-3,6,19H,1,4-5,7-8H2,(H2,16,18)/t13-/m1/s1. The van der Waals surface area contributed by atoms with Crippen LogP contribution in [0, 0.1) is 5.82 Å². The summed E-state index contributed by atoms with van der Waals surface area (Å²) in [5.74, 6) is -1.01. The number of rotatable bonds is 3. The molecule has 0 aliphatic carbocycles. The second-order valence-corrected chi connectivity index (χ2v) is 5.86. The first kappa shape index (κ1) is 14.4. The number of hydrogen-bond donors (Lipinski definition) is 2. The number of primary amides is 1. The zero-order valence-electron chi connectivity index (χ0n) is 10.4. The number of nitrogens with two attached hydrogens (primary N) is 1. The van der Waals surface area contributed by atoms with E-state index < -0.39 is 11.5 Å². The number of carbonyl (C=O) groups excluding carboxylic acids is 1. The molecule has 1 aliphatic heterocycles. The summed E-state index contributed by atoms with van der Waals surface area (Å²) >= 11 is 3.30. The molecule has 19 heavy (non-hydrogen) atoms. The molecule has 0 unspecified atom stereocenters.